The number of carbonyl (C=O) groups excluding carboxylic acids is 1. The number of anilines is 1. The van der Waals surface area contributed by atoms with E-state index in [1.165, 1.54) is 4.31 Å². The molecule has 1 aliphatic heterocycles. The summed E-state index contributed by atoms with van der Waals surface area (Å²) >= 11 is 0.838. The van der Waals surface area contributed by atoms with Crippen LogP contribution >= 0.6 is 11.3 Å². The normalized spacial score (nSPS) is 16.0. The highest BCUT2D eigenvalue weighted by Gasteiger charge is 2.30. The van der Waals surface area contributed by atoms with Gasteiger partial charge in [-0.05, 0) is 18.6 Å². The van der Waals surface area contributed by atoms with E-state index in [0.717, 1.165) is 16.9 Å². The van der Waals surface area contributed by atoms with Crippen LogP contribution in [-0.4, -0.2) is 55.1 Å². The van der Waals surface area contributed by atoms with Gasteiger partial charge in [0, 0.05) is 18.7 Å². The van der Waals surface area contributed by atoms with Crippen LogP contribution in [0.1, 0.15) is 15.9 Å². The molecule has 2 aromatic rings. The molecule has 0 bridgehead atoms. The van der Waals surface area contributed by atoms with Gasteiger partial charge in [-0.15, -0.1) is 10.2 Å². The standard InChI is InChI=1S/C14H16N4O4S2/c1-10-4-2-3-5-11(10)12(19)15-13-16-17-14(23-13)24(20,21)18-6-8-22-9-7-18/h2-5H,6-9H2,1H3,(H,15,16,19). The van der Waals surface area contributed by atoms with E-state index < -0.39 is 10.0 Å². The topological polar surface area (TPSA) is 101 Å². The average molecular weight is 368 g/mol. The molecular formula is C14H16N4O4S2. The van der Waals surface area contributed by atoms with Crippen molar-refractivity contribution in [2.75, 3.05) is 31.6 Å². The SMILES string of the molecule is Cc1ccccc1C(=O)Nc1nnc(S(=O)(=O)N2CCOCC2)s1. The maximum absolute atomic E-state index is 12.5. The number of morpholine rings is 1. The zero-order valence-corrected chi connectivity index (χ0v) is 14.6. The molecule has 1 fully saturated rings. The first-order valence-corrected chi connectivity index (χ1v) is 9.52. The predicted molar refractivity (Wildman–Crippen MR) is 88.6 cm³/mol. The summed E-state index contributed by atoms with van der Waals surface area (Å²) in [7, 11) is -3.70. The number of sulfonamides is 1. The van der Waals surface area contributed by atoms with Gasteiger partial charge in [-0.25, -0.2) is 8.42 Å². The zero-order valence-electron chi connectivity index (χ0n) is 12.9. The lowest BCUT2D eigenvalue weighted by Gasteiger charge is -2.24. The van der Waals surface area contributed by atoms with Gasteiger partial charge in [0.15, 0.2) is 0 Å². The van der Waals surface area contributed by atoms with Gasteiger partial charge in [-0.2, -0.15) is 4.31 Å². The highest BCUT2D eigenvalue weighted by Crippen LogP contribution is 2.24. The molecule has 10 heteroatoms. The third kappa shape index (κ3) is 3.46. The summed E-state index contributed by atoms with van der Waals surface area (Å²) in [6.07, 6.45) is 0. The van der Waals surface area contributed by atoms with Crippen molar-refractivity contribution >= 4 is 32.4 Å². The van der Waals surface area contributed by atoms with Crippen LogP contribution in [0.2, 0.25) is 0 Å². The molecule has 0 aliphatic carbocycles. The Morgan fingerprint density at radius 2 is 1.96 bits per heavy atom. The van der Waals surface area contributed by atoms with Gasteiger partial charge in [0.05, 0.1) is 13.2 Å². The van der Waals surface area contributed by atoms with Crippen LogP contribution < -0.4 is 5.32 Å². The van der Waals surface area contributed by atoms with Gasteiger partial charge in [0.1, 0.15) is 0 Å². The highest BCUT2D eigenvalue weighted by atomic mass is 32.2. The Morgan fingerprint density at radius 1 is 1.25 bits per heavy atom. The Labute approximate surface area is 143 Å². The first kappa shape index (κ1) is 17.0. The number of nitrogens with one attached hydrogen (secondary N) is 1. The van der Waals surface area contributed by atoms with E-state index in [1.807, 2.05) is 19.1 Å². The number of nitrogens with zero attached hydrogens (tertiary/aromatic N) is 3. The van der Waals surface area contributed by atoms with Crippen LogP contribution in [0.15, 0.2) is 28.6 Å². The minimum atomic E-state index is -3.70. The molecule has 3 rings (SSSR count). The summed E-state index contributed by atoms with van der Waals surface area (Å²) in [6.45, 7) is 3.10. The van der Waals surface area contributed by atoms with E-state index in [-0.39, 0.29) is 28.5 Å². The number of hydrogen-bond acceptors (Lipinski definition) is 7. The second-order valence-electron chi connectivity index (χ2n) is 5.16. The fourth-order valence-electron chi connectivity index (χ4n) is 2.25. The molecule has 1 saturated heterocycles. The van der Waals surface area contributed by atoms with E-state index in [4.69, 9.17) is 4.74 Å². The lowest BCUT2D eigenvalue weighted by molar-refractivity contribution is 0.0730. The molecule has 2 heterocycles. The van der Waals surface area contributed by atoms with Crippen molar-refractivity contribution in [2.45, 2.75) is 11.3 Å². The summed E-state index contributed by atoms with van der Waals surface area (Å²) < 4.78 is 31.3. The lowest BCUT2D eigenvalue weighted by Crippen LogP contribution is -2.40. The second kappa shape index (κ2) is 6.93. The van der Waals surface area contributed by atoms with Crippen molar-refractivity contribution < 1.29 is 17.9 Å². The summed E-state index contributed by atoms with van der Waals surface area (Å²) in [5.41, 5.74) is 1.32. The molecule has 0 atom stereocenters. The summed E-state index contributed by atoms with van der Waals surface area (Å²) in [6, 6.07) is 7.11. The van der Waals surface area contributed by atoms with Crippen LogP contribution in [0.4, 0.5) is 5.13 Å². The first-order chi connectivity index (χ1) is 11.5. The molecule has 1 aromatic carbocycles. The molecule has 1 aliphatic rings. The smallest absolute Gasteiger partial charge is 0.272 e. The fourth-order valence-corrected chi connectivity index (χ4v) is 4.70. The number of aryl methyl sites for hydroxylation is 1. The van der Waals surface area contributed by atoms with Gasteiger partial charge in [0.2, 0.25) is 9.47 Å². The van der Waals surface area contributed by atoms with Crippen LogP contribution in [0.25, 0.3) is 0 Å². The molecule has 1 amide bonds. The quantitative estimate of drug-likeness (QED) is 0.812. The molecule has 1 N–H and O–H groups in total. The Kier molecular flexibility index (Phi) is 4.90. The third-order valence-electron chi connectivity index (χ3n) is 3.55. The van der Waals surface area contributed by atoms with E-state index in [9.17, 15) is 13.2 Å². The zero-order chi connectivity index (χ0) is 17.2. The van der Waals surface area contributed by atoms with Crippen LogP contribution in [0.5, 0.6) is 0 Å². The summed E-state index contributed by atoms with van der Waals surface area (Å²) in [4.78, 5) is 12.2. The Balaban J connectivity index is 1.76. The van der Waals surface area contributed by atoms with Crippen LogP contribution in [-0.2, 0) is 14.8 Å². The van der Waals surface area contributed by atoms with E-state index in [1.54, 1.807) is 12.1 Å². The number of benzene rings is 1. The van der Waals surface area contributed by atoms with Crippen molar-refractivity contribution in [1.29, 1.82) is 0 Å². The van der Waals surface area contributed by atoms with Crippen molar-refractivity contribution in [3.8, 4) is 0 Å². The minimum absolute atomic E-state index is 0.135. The third-order valence-corrected chi connectivity index (χ3v) is 6.63. The largest absolute Gasteiger partial charge is 0.379 e. The van der Waals surface area contributed by atoms with Crippen molar-refractivity contribution in [1.82, 2.24) is 14.5 Å². The van der Waals surface area contributed by atoms with Crippen molar-refractivity contribution in [3.05, 3.63) is 35.4 Å². The van der Waals surface area contributed by atoms with Gasteiger partial charge >= 0.3 is 0 Å². The van der Waals surface area contributed by atoms with Gasteiger partial charge in [0.25, 0.3) is 15.9 Å². The number of carbonyl (C=O) groups is 1. The Hall–Kier alpha value is -1.88. The van der Waals surface area contributed by atoms with E-state index in [2.05, 4.69) is 15.5 Å². The molecule has 1 aromatic heterocycles. The maximum atomic E-state index is 12.5. The minimum Gasteiger partial charge on any atom is -0.379 e. The lowest BCUT2D eigenvalue weighted by atomic mass is 10.1. The van der Waals surface area contributed by atoms with Crippen molar-refractivity contribution in [2.24, 2.45) is 0 Å². The van der Waals surface area contributed by atoms with Crippen LogP contribution in [0.3, 0.4) is 0 Å². The second-order valence-corrected chi connectivity index (χ2v) is 8.25. The Bertz CT molecular complexity index is 844. The molecule has 0 saturated carbocycles. The maximum Gasteiger partial charge on any atom is 0.272 e. The molecule has 128 valence electrons. The monoisotopic (exact) mass is 368 g/mol. The number of rotatable bonds is 4. The number of amides is 1. The van der Waals surface area contributed by atoms with Gasteiger partial charge < -0.3 is 4.74 Å². The van der Waals surface area contributed by atoms with Crippen LogP contribution in [0, 0.1) is 6.92 Å². The van der Waals surface area contributed by atoms with E-state index >= 15 is 0 Å². The number of ether oxygens (including phenoxy) is 1. The Morgan fingerprint density at radius 3 is 2.67 bits per heavy atom. The molecule has 8 nitrogen and oxygen atoms in total. The molecular weight excluding hydrogens is 352 g/mol. The van der Waals surface area contributed by atoms with E-state index in [0.29, 0.717) is 18.8 Å². The van der Waals surface area contributed by atoms with Crippen molar-refractivity contribution in [3.63, 3.8) is 0 Å². The van der Waals surface area contributed by atoms with Gasteiger partial charge in [-0.3, -0.25) is 10.1 Å². The molecule has 24 heavy (non-hydrogen) atoms. The average Bonchev–Trinajstić information content (AvgIpc) is 3.05. The highest BCUT2D eigenvalue weighted by molar-refractivity contribution is 7.91. The summed E-state index contributed by atoms with van der Waals surface area (Å²) in [5.74, 6) is -0.348. The predicted octanol–water partition coefficient (Wildman–Crippen LogP) is 1.12. The molecule has 0 spiro atoms. The first-order valence-electron chi connectivity index (χ1n) is 7.27. The molecule has 0 radical (unpaired) electrons. The van der Waals surface area contributed by atoms with Gasteiger partial charge in [-0.1, -0.05) is 29.5 Å². The fraction of sp³-hybridized carbons (Fsp3) is 0.357. The molecule has 0 unspecified atom stereocenters. The summed E-state index contributed by atoms with van der Waals surface area (Å²) in [5, 5.41) is 10.2. The number of aromatic nitrogens is 2. The number of hydrogen-bond donors (Lipinski definition) is 1.